The summed E-state index contributed by atoms with van der Waals surface area (Å²) in [6.07, 6.45) is 1.50. The van der Waals surface area contributed by atoms with Gasteiger partial charge in [0.1, 0.15) is 24.5 Å². The smallest absolute Gasteiger partial charge is 0.347 e. The van der Waals surface area contributed by atoms with E-state index >= 15 is 0 Å². The molecule has 0 spiro atoms. The lowest BCUT2D eigenvalue weighted by Crippen LogP contribution is -2.15. The van der Waals surface area contributed by atoms with Crippen LogP contribution in [0.2, 0.25) is 0 Å². The lowest BCUT2D eigenvalue weighted by Gasteiger charge is -2.18. The van der Waals surface area contributed by atoms with E-state index in [1.54, 1.807) is 29.9 Å². The summed E-state index contributed by atoms with van der Waals surface area (Å²) >= 11 is 0. The van der Waals surface area contributed by atoms with Crippen molar-refractivity contribution >= 4 is 5.97 Å². The summed E-state index contributed by atoms with van der Waals surface area (Å²) in [5.74, 6) is 1.23. The highest BCUT2D eigenvalue weighted by Gasteiger charge is 2.17. The van der Waals surface area contributed by atoms with E-state index in [4.69, 9.17) is 14.2 Å². The number of ether oxygens (including phenoxy) is 3. The summed E-state index contributed by atoms with van der Waals surface area (Å²) < 4.78 is 17.8. The fourth-order valence-electron chi connectivity index (χ4n) is 1.95. The highest BCUT2D eigenvalue weighted by atomic mass is 16.6. The van der Waals surface area contributed by atoms with Gasteiger partial charge in [0.15, 0.2) is 11.5 Å². The molecule has 0 unspecified atom stereocenters. The number of benzene rings is 1. The summed E-state index contributed by atoms with van der Waals surface area (Å²) in [5, 5.41) is 4.02. The molecule has 0 saturated heterocycles. The van der Waals surface area contributed by atoms with Gasteiger partial charge in [-0.15, -0.1) is 0 Å². The molecule has 2 heterocycles. The molecule has 1 aliphatic rings. The van der Waals surface area contributed by atoms with E-state index < -0.39 is 5.97 Å². The third-order valence-corrected chi connectivity index (χ3v) is 3.18. The van der Waals surface area contributed by atoms with Gasteiger partial charge in [0, 0.05) is 18.8 Å². The molecule has 6 heteroatoms. The van der Waals surface area contributed by atoms with E-state index in [9.17, 15) is 4.79 Å². The minimum atomic E-state index is -0.438. The number of aromatic nitrogens is 2. The Labute approximate surface area is 115 Å². The van der Waals surface area contributed by atoms with Crippen LogP contribution in [0.5, 0.6) is 17.2 Å². The number of carbonyl (C=O) groups is 1. The Morgan fingerprint density at radius 3 is 2.75 bits per heavy atom. The van der Waals surface area contributed by atoms with Crippen LogP contribution >= 0.6 is 0 Å². The zero-order valence-corrected chi connectivity index (χ0v) is 11.3. The van der Waals surface area contributed by atoms with Gasteiger partial charge >= 0.3 is 5.97 Å². The molecule has 0 atom stereocenters. The molecule has 104 valence electrons. The Morgan fingerprint density at radius 2 is 2.05 bits per heavy atom. The van der Waals surface area contributed by atoms with Crippen LogP contribution in [0.3, 0.4) is 0 Å². The Bertz CT molecular complexity index is 663. The van der Waals surface area contributed by atoms with Crippen molar-refractivity contribution in [2.75, 3.05) is 13.2 Å². The minimum Gasteiger partial charge on any atom is -0.486 e. The van der Waals surface area contributed by atoms with E-state index in [1.807, 2.05) is 6.92 Å². The molecule has 0 fully saturated rings. The van der Waals surface area contributed by atoms with E-state index in [0.717, 1.165) is 5.69 Å². The standard InChI is InChI=1S/C14H14N2O4/c1-9-11(8-15-16(9)2)14(17)20-10-3-4-12-13(7-10)19-6-5-18-12/h3-4,7-8H,5-6H2,1-2H3. The summed E-state index contributed by atoms with van der Waals surface area (Å²) in [5.41, 5.74) is 1.20. The van der Waals surface area contributed by atoms with E-state index in [0.29, 0.717) is 36.0 Å². The first kappa shape index (κ1) is 12.5. The molecule has 1 aliphatic heterocycles. The van der Waals surface area contributed by atoms with Crippen molar-refractivity contribution in [2.45, 2.75) is 6.92 Å². The van der Waals surface area contributed by atoms with Crippen molar-refractivity contribution in [3.05, 3.63) is 35.7 Å². The summed E-state index contributed by atoms with van der Waals surface area (Å²) in [7, 11) is 1.77. The molecule has 1 aromatic carbocycles. The Balaban J connectivity index is 1.81. The molecule has 0 saturated carbocycles. The van der Waals surface area contributed by atoms with Crippen LogP contribution < -0.4 is 14.2 Å². The molecular weight excluding hydrogens is 260 g/mol. The van der Waals surface area contributed by atoms with Gasteiger partial charge < -0.3 is 14.2 Å². The van der Waals surface area contributed by atoms with Crippen molar-refractivity contribution in [3.63, 3.8) is 0 Å². The van der Waals surface area contributed by atoms with Crippen molar-refractivity contribution in [2.24, 2.45) is 7.05 Å². The van der Waals surface area contributed by atoms with Gasteiger partial charge in [-0.05, 0) is 19.1 Å². The van der Waals surface area contributed by atoms with Crippen LogP contribution in [-0.2, 0) is 7.05 Å². The summed E-state index contributed by atoms with van der Waals surface area (Å²) in [4.78, 5) is 12.1. The second-order valence-corrected chi connectivity index (χ2v) is 4.46. The van der Waals surface area contributed by atoms with Crippen molar-refractivity contribution in [1.29, 1.82) is 0 Å². The van der Waals surface area contributed by atoms with E-state index in [2.05, 4.69) is 5.10 Å². The van der Waals surface area contributed by atoms with Crippen LogP contribution in [0.25, 0.3) is 0 Å². The zero-order chi connectivity index (χ0) is 14.1. The van der Waals surface area contributed by atoms with Gasteiger partial charge in [-0.1, -0.05) is 0 Å². The highest BCUT2D eigenvalue weighted by Crippen LogP contribution is 2.33. The van der Waals surface area contributed by atoms with E-state index in [1.165, 1.54) is 6.20 Å². The average molecular weight is 274 g/mol. The Morgan fingerprint density at radius 1 is 1.30 bits per heavy atom. The molecule has 6 nitrogen and oxygen atoms in total. The van der Waals surface area contributed by atoms with Crippen LogP contribution in [0.4, 0.5) is 0 Å². The predicted molar refractivity (Wildman–Crippen MR) is 70.3 cm³/mol. The molecule has 1 aromatic heterocycles. The first-order chi connectivity index (χ1) is 9.65. The molecule has 3 rings (SSSR count). The predicted octanol–water partition coefficient (Wildman–Crippen LogP) is 1.72. The maximum atomic E-state index is 12.1. The van der Waals surface area contributed by atoms with E-state index in [-0.39, 0.29) is 0 Å². The molecular formula is C14H14N2O4. The molecule has 20 heavy (non-hydrogen) atoms. The second kappa shape index (κ2) is 4.88. The van der Waals surface area contributed by atoms with Crippen LogP contribution in [0, 0.1) is 6.92 Å². The molecule has 0 N–H and O–H groups in total. The van der Waals surface area contributed by atoms with Crippen molar-refractivity contribution in [3.8, 4) is 17.2 Å². The maximum Gasteiger partial charge on any atom is 0.347 e. The molecule has 0 bridgehead atoms. The van der Waals surface area contributed by atoms with Crippen molar-refractivity contribution < 1.29 is 19.0 Å². The lowest BCUT2D eigenvalue weighted by atomic mass is 10.2. The zero-order valence-electron chi connectivity index (χ0n) is 11.3. The average Bonchev–Trinajstić information content (AvgIpc) is 2.79. The number of fused-ring (bicyclic) bond motifs is 1. The normalized spacial score (nSPS) is 13.1. The molecule has 0 radical (unpaired) electrons. The number of nitrogens with zero attached hydrogens (tertiary/aromatic N) is 2. The van der Waals surface area contributed by atoms with Gasteiger partial charge in [-0.3, -0.25) is 4.68 Å². The maximum absolute atomic E-state index is 12.1. The third kappa shape index (κ3) is 2.20. The minimum absolute atomic E-state index is 0.419. The fraction of sp³-hybridized carbons (Fsp3) is 0.286. The van der Waals surface area contributed by atoms with Gasteiger partial charge in [-0.25, -0.2) is 4.79 Å². The SMILES string of the molecule is Cc1c(C(=O)Oc2ccc3c(c2)OCCO3)cnn1C. The van der Waals surface area contributed by atoms with Crippen LogP contribution in [0.15, 0.2) is 24.4 Å². The second-order valence-electron chi connectivity index (χ2n) is 4.46. The Kier molecular flexibility index (Phi) is 3.06. The first-order valence-corrected chi connectivity index (χ1v) is 6.25. The number of rotatable bonds is 2. The van der Waals surface area contributed by atoms with Gasteiger partial charge in [-0.2, -0.15) is 5.10 Å². The van der Waals surface area contributed by atoms with Gasteiger partial charge in [0.05, 0.1) is 6.20 Å². The quantitative estimate of drug-likeness (QED) is 0.616. The third-order valence-electron chi connectivity index (χ3n) is 3.18. The number of hydrogen-bond acceptors (Lipinski definition) is 5. The summed E-state index contributed by atoms with van der Waals surface area (Å²) in [6, 6.07) is 5.06. The molecule has 0 aliphatic carbocycles. The van der Waals surface area contributed by atoms with Gasteiger partial charge in [0.25, 0.3) is 0 Å². The van der Waals surface area contributed by atoms with Gasteiger partial charge in [0.2, 0.25) is 0 Å². The first-order valence-electron chi connectivity index (χ1n) is 6.25. The lowest BCUT2D eigenvalue weighted by molar-refractivity contribution is 0.0732. The fourth-order valence-corrected chi connectivity index (χ4v) is 1.95. The largest absolute Gasteiger partial charge is 0.486 e. The number of carbonyl (C=O) groups excluding carboxylic acids is 1. The van der Waals surface area contributed by atoms with Crippen LogP contribution in [0.1, 0.15) is 16.1 Å². The monoisotopic (exact) mass is 274 g/mol. The number of hydrogen-bond donors (Lipinski definition) is 0. The molecule has 0 amide bonds. The highest BCUT2D eigenvalue weighted by molar-refractivity contribution is 5.92. The number of esters is 1. The molecule has 2 aromatic rings. The van der Waals surface area contributed by atoms with Crippen LogP contribution in [-0.4, -0.2) is 29.0 Å². The number of aryl methyl sites for hydroxylation is 1. The van der Waals surface area contributed by atoms with Crippen molar-refractivity contribution in [1.82, 2.24) is 9.78 Å². The Hall–Kier alpha value is -2.50. The summed E-state index contributed by atoms with van der Waals surface area (Å²) in [6.45, 7) is 2.83. The topological polar surface area (TPSA) is 62.6 Å².